The van der Waals surface area contributed by atoms with Crippen LogP contribution in [0.2, 0.25) is 0 Å². The Morgan fingerprint density at radius 2 is 2.53 bits per heavy atom. The Morgan fingerprint density at radius 3 is 3.07 bits per heavy atom. The molecule has 84 valence electrons. The topological polar surface area (TPSA) is 54.9 Å². The van der Waals surface area contributed by atoms with Gasteiger partial charge < -0.3 is 5.32 Å². The van der Waals surface area contributed by atoms with Gasteiger partial charge in [-0.05, 0) is 23.9 Å². The number of hydrogen-bond acceptors (Lipinski definition) is 4. The van der Waals surface area contributed by atoms with Crippen LogP contribution in [-0.4, -0.2) is 27.4 Å². The second kappa shape index (κ2) is 6.90. The normalized spacial score (nSPS) is 12.4. The monoisotopic (exact) mass is 291 g/mol. The van der Waals surface area contributed by atoms with Gasteiger partial charge >= 0.3 is 0 Å². The highest BCUT2D eigenvalue weighted by atomic mass is 79.9. The van der Waals surface area contributed by atoms with Crippen molar-refractivity contribution in [1.82, 2.24) is 14.9 Å². The van der Waals surface area contributed by atoms with Crippen molar-refractivity contribution < 1.29 is 4.79 Å². The first-order valence-electron chi connectivity index (χ1n) is 4.89. The van der Waals surface area contributed by atoms with Crippen LogP contribution in [0.4, 0.5) is 0 Å². The molecule has 0 aliphatic heterocycles. The minimum absolute atomic E-state index is 0.0713. The van der Waals surface area contributed by atoms with Crippen LogP contribution in [0.15, 0.2) is 6.20 Å². The minimum atomic E-state index is -0.0713. The van der Waals surface area contributed by atoms with Crippen LogP contribution in [0.3, 0.4) is 0 Å². The van der Waals surface area contributed by atoms with Crippen LogP contribution in [0.1, 0.15) is 29.4 Å². The molecule has 1 rings (SSSR count). The van der Waals surface area contributed by atoms with Gasteiger partial charge in [0.15, 0.2) is 0 Å². The summed E-state index contributed by atoms with van der Waals surface area (Å²) in [6, 6.07) is 0. The molecule has 0 aliphatic rings. The highest BCUT2D eigenvalue weighted by molar-refractivity contribution is 9.09. The number of carbonyl (C=O) groups is 1. The predicted octanol–water partition coefficient (Wildman–Crippen LogP) is 2.08. The van der Waals surface area contributed by atoms with E-state index in [2.05, 4.69) is 37.8 Å². The Hall–Kier alpha value is -0.490. The number of rotatable bonds is 6. The van der Waals surface area contributed by atoms with E-state index in [1.54, 1.807) is 0 Å². The van der Waals surface area contributed by atoms with Crippen molar-refractivity contribution in [2.75, 3.05) is 11.9 Å². The Labute approximate surface area is 102 Å². The molecule has 1 atom stereocenters. The van der Waals surface area contributed by atoms with E-state index in [4.69, 9.17) is 0 Å². The van der Waals surface area contributed by atoms with Crippen molar-refractivity contribution in [3.05, 3.63) is 11.1 Å². The van der Waals surface area contributed by atoms with Crippen LogP contribution in [0, 0.1) is 5.92 Å². The second-order valence-electron chi connectivity index (χ2n) is 3.24. The number of hydrogen-bond donors (Lipinski definition) is 1. The number of aromatic nitrogens is 2. The summed E-state index contributed by atoms with van der Waals surface area (Å²) in [7, 11) is 0. The van der Waals surface area contributed by atoms with E-state index in [0.717, 1.165) is 36.2 Å². The highest BCUT2D eigenvalue weighted by Gasteiger charge is 2.11. The van der Waals surface area contributed by atoms with E-state index in [9.17, 15) is 4.79 Å². The summed E-state index contributed by atoms with van der Waals surface area (Å²) >= 11 is 4.53. The number of amides is 1. The number of nitrogens with zero attached hydrogens (tertiary/aromatic N) is 2. The number of nitrogens with one attached hydrogen (secondary N) is 1. The molecular formula is C9H14BrN3OS. The average Bonchev–Trinajstić information content (AvgIpc) is 2.77. The standard InChI is InChI=1S/C9H14BrN3OS/c1-2-7(3-4-10)5-11-9(14)8-6-12-13-15-8/h6-7H,2-5H2,1H3,(H,11,14). The van der Waals surface area contributed by atoms with E-state index in [1.807, 2.05) is 0 Å². The van der Waals surface area contributed by atoms with Crippen molar-refractivity contribution in [3.8, 4) is 0 Å². The first kappa shape index (κ1) is 12.6. The van der Waals surface area contributed by atoms with Crippen LogP contribution in [0.5, 0.6) is 0 Å². The highest BCUT2D eigenvalue weighted by Crippen LogP contribution is 2.09. The zero-order valence-corrected chi connectivity index (χ0v) is 11.0. The van der Waals surface area contributed by atoms with Crippen LogP contribution < -0.4 is 5.32 Å². The smallest absolute Gasteiger partial charge is 0.264 e. The second-order valence-corrected chi connectivity index (χ2v) is 4.82. The first-order chi connectivity index (χ1) is 7.27. The lowest BCUT2D eigenvalue weighted by Crippen LogP contribution is -2.28. The van der Waals surface area contributed by atoms with Gasteiger partial charge in [0.05, 0.1) is 6.20 Å². The van der Waals surface area contributed by atoms with Crippen LogP contribution in [-0.2, 0) is 0 Å². The minimum Gasteiger partial charge on any atom is -0.351 e. The average molecular weight is 292 g/mol. The van der Waals surface area contributed by atoms with E-state index in [0.29, 0.717) is 10.8 Å². The summed E-state index contributed by atoms with van der Waals surface area (Å²) in [4.78, 5) is 12.1. The number of alkyl halides is 1. The molecule has 1 N–H and O–H groups in total. The first-order valence-corrected chi connectivity index (χ1v) is 6.79. The molecule has 0 saturated carbocycles. The van der Waals surface area contributed by atoms with Gasteiger partial charge in [0.1, 0.15) is 4.88 Å². The third-order valence-corrected chi connectivity index (χ3v) is 3.35. The van der Waals surface area contributed by atoms with Crippen LogP contribution in [0.25, 0.3) is 0 Å². The lowest BCUT2D eigenvalue weighted by atomic mass is 10.0. The third-order valence-electron chi connectivity index (χ3n) is 2.23. The maximum absolute atomic E-state index is 11.5. The van der Waals surface area contributed by atoms with Crippen LogP contribution >= 0.6 is 27.5 Å². The lowest BCUT2D eigenvalue weighted by Gasteiger charge is -2.13. The molecule has 0 spiro atoms. The Balaban J connectivity index is 2.33. The zero-order chi connectivity index (χ0) is 11.1. The van der Waals surface area contributed by atoms with Crippen molar-refractivity contribution in [2.24, 2.45) is 5.92 Å². The molecule has 1 unspecified atom stereocenters. The van der Waals surface area contributed by atoms with Crippen molar-refractivity contribution >= 4 is 33.4 Å². The molecule has 15 heavy (non-hydrogen) atoms. The summed E-state index contributed by atoms with van der Waals surface area (Å²) in [5, 5.41) is 7.49. The van der Waals surface area contributed by atoms with Gasteiger partial charge in [0, 0.05) is 11.9 Å². The molecule has 0 bridgehead atoms. The Bertz CT molecular complexity index is 292. The van der Waals surface area contributed by atoms with Gasteiger partial charge in [-0.3, -0.25) is 4.79 Å². The van der Waals surface area contributed by atoms with E-state index in [-0.39, 0.29) is 5.91 Å². The summed E-state index contributed by atoms with van der Waals surface area (Å²) in [5.41, 5.74) is 0. The molecule has 1 aromatic heterocycles. The fourth-order valence-electron chi connectivity index (χ4n) is 1.20. The largest absolute Gasteiger partial charge is 0.351 e. The number of carbonyl (C=O) groups excluding carboxylic acids is 1. The Kier molecular flexibility index (Phi) is 5.78. The number of halogens is 1. The molecular weight excluding hydrogens is 278 g/mol. The summed E-state index contributed by atoms with van der Waals surface area (Å²) in [5.74, 6) is 0.465. The van der Waals surface area contributed by atoms with E-state index < -0.39 is 0 Å². The van der Waals surface area contributed by atoms with Gasteiger partial charge in [0.2, 0.25) is 0 Å². The van der Waals surface area contributed by atoms with Gasteiger partial charge in [-0.2, -0.15) is 0 Å². The Morgan fingerprint density at radius 1 is 1.73 bits per heavy atom. The molecule has 0 aliphatic carbocycles. The van der Waals surface area contributed by atoms with Gasteiger partial charge in [0.25, 0.3) is 5.91 Å². The quantitative estimate of drug-likeness (QED) is 0.817. The maximum atomic E-state index is 11.5. The molecule has 1 aromatic rings. The molecule has 6 heteroatoms. The van der Waals surface area contributed by atoms with Crippen molar-refractivity contribution in [2.45, 2.75) is 19.8 Å². The third kappa shape index (κ3) is 4.25. The molecule has 0 aromatic carbocycles. The van der Waals surface area contributed by atoms with Gasteiger partial charge in [-0.1, -0.05) is 33.8 Å². The molecule has 0 fully saturated rings. The summed E-state index contributed by atoms with van der Waals surface area (Å²) < 4.78 is 3.65. The van der Waals surface area contributed by atoms with E-state index >= 15 is 0 Å². The van der Waals surface area contributed by atoms with Crippen molar-refractivity contribution in [3.63, 3.8) is 0 Å². The fourth-order valence-corrected chi connectivity index (χ4v) is 2.28. The molecule has 1 heterocycles. The SMILES string of the molecule is CCC(CCBr)CNC(=O)c1cnns1. The van der Waals surface area contributed by atoms with Gasteiger partial charge in [-0.15, -0.1) is 5.10 Å². The lowest BCUT2D eigenvalue weighted by molar-refractivity contribution is 0.0950. The summed E-state index contributed by atoms with van der Waals surface area (Å²) in [6.07, 6.45) is 3.65. The van der Waals surface area contributed by atoms with Gasteiger partial charge in [-0.25, -0.2) is 0 Å². The molecule has 0 saturated heterocycles. The maximum Gasteiger partial charge on any atom is 0.264 e. The predicted molar refractivity (Wildman–Crippen MR) is 64.4 cm³/mol. The summed E-state index contributed by atoms with van der Waals surface area (Å²) in [6.45, 7) is 2.85. The van der Waals surface area contributed by atoms with E-state index in [1.165, 1.54) is 6.20 Å². The molecule has 1 amide bonds. The van der Waals surface area contributed by atoms with Crippen molar-refractivity contribution in [1.29, 1.82) is 0 Å². The molecule has 4 nitrogen and oxygen atoms in total. The zero-order valence-electron chi connectivity index (χ0n) is 8.57. The molecule has 0 radical (unpaired) electrons. The fraction of sp³-hybridized carbons (Fsp3) is 0.667.